The number of benzene rings is 4. The molecule has 0 amide bonds. The van der Waals surface area contributed by atoms with Crippen molar-refractivity contribution in [2.24, 2.45) is 82.9 Å². The van der Waals surface area contributed by atoms with Gasteiger partial charge in [0.25, 0.3) is 0 Å². The molecule has 0 heteroatoms. The Hall–Kier alpha value is -3.12. The van der Waals surface area contributed by atoms with Crippen LogP contribution in [0.2, 0.25) is 0 Å². The van der Waals surface area contributed by atoms with Gasteiger partial charge in [-0.15, -0.1) is 0 Å². The van der Waals surface area contributed by atoms with Crippen LogP contribution in [-0.2, 0) is 10.8 Å². The third kappa shape index (κ3) is 1.55. The van der Waals surface area contributed by atoms with E-state index in [4.69, 9.17) is 0 Å². The Morgan fingerprint density at radius 3 is 0.850 bits per heavy atom. The maximum absolute atomic E-state index is 2.45. The average molecular weight is 513 g/mol. The molecule has 12 aliphatic carbocycles. The van der Waals surface area contributed by atoms with Crippen LogP contribution in [0.5, 0.6) is 0 Å². The van der Waals surface area contributed by atoms with Gasteiger partial charge in [0, 0.05) is 10.8 Å². The van der Waals surface area contributed by atoms with Crippen molar-refractivity contribution >= 4 is 0 Å². The van der Waals surface area contributed by atoms with Gasteiger partial charge in [-0.1, -0.05) is 109 Å². The summed E-state index contributed by atoms with van der Waals surface area (Å²) in [5.74, 6) is 16.3. The van der Waals surface area contributed by atoms with E-state index in [0.29, 0.717) is 10.8 Å². The molecule has 0 aliphatic heterocycles. The standard InChI is InChI=1S/2C20H16/c2*1-2-4-10(5-3-1)11-6-8-12(9-7-11)20-17-14-13-15(17)19(20)16(13)18(14)20/h2*1-9,13-19H. The van der Waals surface area contributed by atoms with E-state index in [9.17, 15) is 0 Å². The maximum atomic E-state index is 2.45. The van der Waals surface area contributed by atoms with Gasteiger partial charge in [-0.05, 0) is 116 Å². The highest BCUT2D eigenvalue weighted by molar-refractivity contribution is 5.67. The normalized spacial score (nSPS) is 53.7. The van der Waals surface area contributed by atoms with Crippen molar-refractivity contribution < 1.29 is 0 Å². The van der Waals surface area contributed by atoms with E-state index < -0.39 is 0 Å². The van der Waals surface area contributed by atoms with Crippen molar-refractivity contribution in [2.75, 3.05) is 0 Å². The smallest absolute Gasteiger partial charge is 0.00548 e. The summed E-state index contributed by atoms with van der Waals surface area (Å²) >= 11 is 0. The van der Waals surface area contributed by atoms with Gasteiger partial charge in [0.15, 0.2) is 0 Å². The largest absolute Gasteiger partial charge is 0.0622 e. The van der Waals surface area contributed by atoms with Gasteiger partial charge in [0.05, 0.1) is 0 Å². The molecule has 0 radical (unpaired) electrons. The van der Waals surface area contributed by atoms with Gasteiger partial charge in [-0.25, -0.2) is 0 Å². The summed E-state index contributed by atoms with van der Waals surface area (Å²) in [5.41, 5.74) is 10.2. The minimum absolute atomic E-state index is 0.698. The molecule has 0 spiro atoms. The van der Waals surface area contributed by atoms with Crippen LogP contribution in [0.25, 0.3) is 22.3 Å². The van der Waals surface area contributed by atoms with E-state index in [1.165, 1.54) is 69.6 Å². The molecule has 0 aromatic heterocycles. The Labute approximate surface area is 235 Å². The van der Waals surface area contributed by atoms with Crippen LogP contribution in [0.1, 0.15) is 11.1 Å². The van der Waals surface area contributed by atoms with Crippen molar-refractivity contribution in [3.8, 4) is 22.3 Å². The summed E-state index contributed by atoms with van der Waals surface area (Å²) in [6, 6.07) is 40.7. The van der Waals surface area contributed by atoms with Gasteiger partial charge >= 0.3 is 0 Å². The van der Waals surface area contributed by atoms with Crippen LogP contribution in [-0.4, -0.2) is 0 Å². The third-order valence-electron chi connectivity index (χ3n) is 15.9. The Morgan fingerprint density at radius 1 is 0.275 bits per heavy atom. The Bertz CT molecular complexity index is 1540. The van der Waals surface area contributed by atoms with Crippen molar-refractivity contribution in [1.29, 1.82) is 0 Å². The molecule has 0 unspecified atom stereocenters. The maximum Gasteiger partial charge on any atom is 0.00548 e. The Morgan fingerprint density at radius 2 is 0.550 bits per heavy atom. The van der Waals surface area contributed by atoms with Crippen LogP contribution < -0.4 is 0 Å². The summed E-state index contributed by atoms with van der Waals surface area (Å²) in [4.78, 5) is 0. The predicted octanol–water partition coefficient (Wildman–Crippen LogP) is 7.95. The summed E-state index contributed by atoms with van der Waals surface area (Å²) in [6.07, 6.45) is 0. The topological polar surface area (TPSA) is 0 Å². The molecule has 12 aliphatic rings. The van der Waals surface area contributed by atoms with E-state index >= 15 is 0 Å². The molecule has 16 rings (SSSR count). The minimum atomic E-state index is 0.698. The number of rotatable bonds is 4. The van der Waals surface area contributed by atoms with E-state index in [2.05, 4.69) is 109 Å². The molecule has 0 bridgehead atoms. The van der Waals surface area contributed by atoms with Crippen LogP contribution in [0.15, 0.2) is 109 Å². The first-order chi connectivity index (χ1) is 19.9. The van der Waals surface area contributed by atoms with Crippen molar-refractivity contribution in [1.82, 2.24) is 0 Å². The van der Waals surface area contributed by atoms with Crippen LogP contribution in [0, 0.1) is 82.9 Å². The highest BCUT2D eigenvalue weighted by Gasteiger charge is 3.05. The molecule has 12 fully saturated rings. The van der Waals surface area contributed by atoms with Gasteiger partial charge in [0.2, 0.25) is 0 Å². The van der Waals surface area contributed by atoms with Crippen molar-refractivity contribution in [3.63, 3.8) is 0 Å². The molecule has 0 saturated heterocycles. The predicted molar refractivity (Wildman–Crippen MR) is 156 cm³/mol. The van der Waals surface area contributed by atoms with Crippen molar-refractivity contribution in [2.45, 2.75) is 10.8 Å². The first kappa shape index (κ1) is 19.9. The lowest BCUT2D eigenvalue weighted by molar-refractivity contribution is -0.581. The molecule has 0 N–H and O–H groups in total. The number of hydrogen-bond donors (Lipinski definition) is 0. The van der Waals surface area contributed by atoms with E-state index in [-0.39, 0.29) is 0 Å². The lowest BCUT2D eigenvalue weighted by Crippen LogP contribution is -3.06. The number of hydrogen-bond acceptors (Lipinski definition) is 0. The lowest BCUT2D eigenvalue weighted by Gasteiger charge is -3.08. The molecular formula is C40H32. The molecule has 0 atom stereocenters. The molecule has 0 nitrogen and oxygen atoms in total. The van der Waals surface area contributed by atoms with Gasteiger partial charge in [-0.2, -0.15) is 0 Å². The van der Waals surface area contributed by atoms with Gasteiger partial charge in [0.1, 0.15) is 0 Å². The fraction of sp³-hybridized carbons (Fsp3) is 0.400. The zero-order valence-electron chi connectivity index (χ0n) is 22.5. The zero-order valence-corrected chi connectivity index (χ0v) is 22.5. The fourth-order valence-corrected chi connectivity index (χ4v) is 15.2. The molecule has 4 aromatic rings. The SMILES string of the molecule is c1ccc(-c2ccc(C34C5C6C7C5C3C7C64)cc2)cc1.c1ccc(-c2ccc(C34C5C6C7C5C3C7C64)cc2)cc1. The van der Waals surface area contributed by atoms with Crippen molar-refractivity contribution in [3.05, 3.63) is 120 Å². The van der Waals surface area contributed by atoms with E-state index in [0.717, 1.165) is 35.5 Å². The van der Waals surface area contributed by atoms with Gasteiger partial charge in [-0.3, -0.25) is 0 Å². The summed E-state index contributed by atoms with van der Waals surface area (Å²) in [5, 5.41) is 0. The first-order valence-electron chi connectivity index (χ1n) is 16.2. The van der Waals surface area contributed by atoms with Crippen LogP contribution in [0.4, 0.5) is 0 Å². The molecule has 12 saturated carbocycles. The summed E-state index contributed by atoms with van der Waals surface area (Å²) in [7, 11) is 0. The van der Waals surface area contributed by atoms with Gasteiger partial charge < -0.3 is 0 Å². The quantitative estimate of drug-likeness (QED) is 0.260. The molecule has 0 heterocycles. The lowest BCUT2D eigenvalue weighted by atomic mass is 8.96. The highest BCUT2D eigenvalue weighted by Crippen LogP contribution is 3.06. The van der Waals surface area contributed by atoms with Crippen LogP contribution >= 0.6 is 0 Å². The second kappa shape index (κ2) is 5.78. The Balaban J connectivity index is 0.0000000966. The van der Waals surface area contributed by atoms with E-state index in [1.807, 2.05) is 0 Å². The minimum Gasteiger partial charge on any atom is -0.0622 e. The zero-order chi connectivity index (χ0) is 25.3. The third-order valence-corrected chi connectivity index (χ3v) is 15.9. The second-order valence-electron chi connectivity index (χ2n) is 15.5. The average Bonchev–Trinajstić information content (AvgIpc) is 3.06. The molecular weight excluding hydrogens is 480 g/mol. The second-order valence-corrected chi connectivity index (χ2v) is 15.5. The Kier molecular flexibility index (Phi) is 2.87. The molecule has 4 aromatic carbocycles. The molecule has 40 heavy (non-hydrogen) atoms. The highest BCUT2D eigenvalue weighted by atomic mass is 15.1. The molecule has 192 valence electrons. The summed E-state index contributed by atoms with van der Waals surface area (Å²) < 4.78 is 0. The monoisotopic (exact) mass is 512 g/mol. The first-order valence-corrected chi connectivity index (χ1v) is 16.2. The summed E-state index contributed by atoms with van der Waals surface area (Å²) in [6.45, 7) is 0. The van der Waals surface area contributed by atoms with Crippen LogP contribution in [0.3, 0.4) is 0 Å². The fourth-order valence-electron chi connectivity index (χ4n) is 15.2. The van der Waals surface area contributed by atoms with E-state index in [1.54, 1.807) is 11.1 Å².